The lowest BCUT2D eigenvalue weighted by atomic mass is 9.97. The van der Waals surface area contributed by atoms with Gasteiger partial charge in [-0.3, -0.25) is 4.79 Å². The molecule has 0 saturated heterocycles. The van der Waals surface area contributed by atoms with Crippen molar-refractivity contribution in [3.8, 4) is 0 Å². The van der Waals surface area contributed by atoms with Gasteiger partial charge in [0, 0.05) is 16.7 Å². The number of allylic oxidation sites excluding steroid dienone is 10. The maximum absolute atomic E-state index is 12.5. The molecule has 1 aromatic heterocycles. The molecule has 0 unspecified atom stereocenters. The van der Waals surface area contributed by atoms with Crippen LogP contribution in [-0.2, 0) is 4.79 Å². The average Bonchev–Trinajstić information content (AvgIpc) is 3.18. The van der Waals surface area contributed by atoms with Gasteiger partial charge in [-0.15, -0.1) is 0 Å². The highest BCUT2D eigenvalue weighted by atomic mass is 16.4. The van der Waals surface area contributed by atoms with Crippen molar-refractivity contribution in [1.29, 1.82) is 0 Å². The Morgan fingerprint density at radius 1 is 1.43 bits per heavy atom. The van der Waals surface area contributed by atoms with Gasteiger partial charge in [-0.2, -0.15) is 0 Å². The predicted molar refractivity (Wildman–Crippen MR) is 83.6 cm³/mol. The van der Waals surface area contributed by atoms with Crippen molar-refractivity contribution in [2.24, 2.45) is 0 Å². The SMILES string of the molecule is C=C/C(=C\C=C/C)C(=O)C1=CC=C/C1=C(/O)c1ccco1. The number of furan rings is 1. The fourth-order valence-electron chi connectivity index (χ4n) is 1.96. The maximum Gasteiger partial charge on any atom is 0.193 e. The molecule has 0 aromatic carbocycles. The quantitative estimate of drug-likeness (QED) is 0.497. The summed E-state index contributed by atoms with van der Waals surface area (Å²) in [7, 11) is 0. The summed E-state index contributed by atoms with van der Waals surface area (Å²) in [6.07, 6.45) is 13.3. The molecule has 0 radical (unpaired) electrons. The second-order valence-electron chi connectivity index (χ2n) is 4.36. The number of carbonyl (C=O) groups excluding carboxylic acids is 1. The summed E-state index contributed by atoms with van der Waals surface area (Å²) >= 11 is 0. The standard InChI is InChI=1S/C18H16O3/c1-3-5-8-13(4-2)17(19)14-9-6-10-15(14)18(20)16-11-7-12-21-16/h3-12,20H,2H2,1H3/b5-3-,13-8+,18-15-. The summed E-state index contributed by atoms with van der Waals surface area (Å²) in [5.41, 5.74) is 1.33. The van der Waals surface area contributed by atoms with E-state index in [0.717, 1.165) is 0 Å². The van der Waals surface area contributed by atoms with Gasteiger partial charge in [0.2, 0.25) is 0 Å². The summed E-state index contributed by atoms with van der Waals surface area (Å²) in [6, 6.07) is 3.32. The molecule has 0 saturated carbocycles. The fraction of sp³-hybridized carbons (Fsp3) is 0.0556. The Bertz CT molecular complexity index is 693. The Hall–Kier alpha value is -2.81. The van der Waals surface area contributed by atoms with Gasteiger partial charge in [0.25, 0.3) is 0 Å². The van der Waals surface area contributed by atoms with E-state index < -0.39 is 0 Å². The van der Waals surface area contributed by atoms with Crippen LogP contribution >= 0.6 is 0 Å². The van der Waals surface area contributed by atoms with E-state index >= 15 is 0 Å². The van der Waals surface area contributed by atoms with Crippen molar-refractivity contribution in [2.45, 2.75) is 6.92 Å². The Morgan fingerprint density at radius 3 is 2.86 bits per heavy atom. The van der Waals surface area contributed by atoms with Crippen molar-refractivity contribution in [2.75, 3.05) is 0 Å². The summed E-state index contributed by atoms with van der Waals surface area (Å²) in [6.45, 7) is 5.53. The number of rotatable bonds is 5. The smallest absolute Gasteiger partial charge is 0.193 e. The lowest BCUT2D eigenvalue weighted by molar-refractivity contribution is -0.111. The largest absolute Gasteiger partial charge is 0.504 e. The molecule has 0 bridgehead atoms. The molecule has 106 valence electrons. The number of ketones is 1. The molecule has 1 aliphatic carbocycles. The van der Waals surface area contributed by atoms with Crippen molar-refractivity contribution >= 4 is 11.5 Å². The minimum atomic E-state index is -0.193. The van der Waals surface area contributed by atoms with Crippen LogP contribution in [0.3, 0.4) is 0 Å². The molecule has 2 rings (SSSR count). The zero-order valence-corrected chi connectivity index (χ0v) is 11.7. The van der Waals surface area contributed by atoms with Gasteiger partial charge in [-0.05, 0) is 19.1 Å². The van der Waals surface area contributed by atoms with Gasteiger partial charge in [0.15, 0.2) is 17.3 Å². The third-order valence-electron chi connectivity index (χ3n) is 3.02. The minimum absolute atomic E-state index is 0.0530. The van der Waals surface area contributed by atoms with Gasteiger partial charge in [0.05, 0.1) is 6.26 Å². The predicted octanol–water partition coefficient (Wildman–Crippen LogP) is 4.30. The van der Waals surface area contributed by atoms with Crippen LogP contribution in [0.5, 0.6) is 0 Å². The second kappa shape index (κ2) is 6.57. The molecule has 21 heavy (non-hydrogen) atoms. The number of Topliss-reactive ketones (excluding diaryl/α,β-unsaturated/α-hetero) is 1. The average molecular weight is 280 g/mol. The highest BCUT2D eigenvalue weighted by Crippen LogP contribution is 2.29. The van der Waals surface area contributed by atoms with Gasteiger partial charge in [-0.1, -0.05) is 49.1 Å². The number of hydrogen-bond donors (Lipinski definition) is 1. The molecule has 0 aliphatic heterocycles. The highest BCUT2D eigenvalue weighted by Gasteiger charge is 2.22. The first-order valence-corrected chi connectivity index (χ1v) is 6.55. The van der Waals surface area contributed by atoms with Crippen LogP contribution < -0.4 is 0 Å². The van der Waals surface area contributed by atoms with Crippen molar-refractivity contribution in [3.05, 3.63) is 90.0 Å². The zero-order chi connectivity index (χ0) is 15.2. The van der Waals surface area contributed by atoms with Crippen molar-refractivity contribution < 1.29 is 14.3 Å². The van der Waals surface area contributed by atoms with Crippen LogP contribution in [0.2, 0.25) is 0 Å². The van der Waals surface area contributed by atoms with Gasteiger partial charge in [-0.25, -0.2) is 0 Å². The lowest BCUT2D eigenvalue weighted by Crippen LogP contribution is -2.06. The topological polar surface area (TPSA) is 50.4 Å². The molecule has 0 spiro atoms. The third-order valence-corrected chi connectivity index (χ3v) is 3.02. The molecule has 1 N–H and O–H groups in total. The Labute approximate surface area is 123 Å². The monoisotopic (exact) mass is 280 g/mol. The number of aliphatic hydroxyl groups excluding tert-OH is 1. The van der Waals surface area contributed by atoms with Crippen LogP contribution in [0.25, 0.3) is 5.76 Å². The van der Waals surface area contributed by atoms with Gasteiger partial charge in [0.1, 0.15) is 0 Å². The normalized spacial score (nSPS) is 17.2. The molecule has 0 amide bonds. The van der Waals surface area contributed by atoms with Crippen LogP contribution in [0.15, 0.2) is 88.6 Å². The van der Waals surface area contributed by atoms with Gasteiger partial charge < -0.3 is 9.52 Å². The molecule has 3 nitrogen and oxygen atoms in total. The van der Waals surface area contributed by atoms with Crippen molar-refractivity contribution in [3.63, 3.8) is 0 Å². The van der Waals surface area contributed by atoms with Crippen LogP contribution in [0.4, 0.5) is 0 Å². The Balaban J connectivity index is 2.39. The maximum atomic E-state index is 12.5. The molecule has 1 heterocycles. The lowest BCUT2D eigenvalue weighted by Gasteiger charge is -2.07. The summed E-state index contributed by atoms with van der Waals surface area (Å²) in [5, 5.41) is 10.2. The van der Waals surface area contributed by atoms with E-state index in [-0.39, 0.29) is 11.5 Å². The first kappa shape index (κ1) is 14.6. The number of aliphatic hydroxyl groups is 1. The summed E-state index contributed by atoms with van der Waals surface area (Å²) in [4.78, 5) is 12.5. The first-order chi connectivity index (χ1) is 10.2. The van der Waals surface area contributed by atoms with E-state index in [1.54, 1.807) is 42.5 Å². The van der Waals surface area contributed by atoms with E-state index in [0.29, 0.717) is 22.5 Å². The molecule has 1 aliphatic rings. The Kier molecular flexibility index (Phi) is 4.57. The number of hydrogen-bond acceptors (Lipinski definition) is 3. The van der Waals surface area contributed by atoms with Crippen molar-refractivity contribution in [1.82, 2.24) is 0 Å². The summed E-state index contributed by atoms with van der Waals surface area (Å²) < 4.78 is 5.16. The van der Waals surface area contributed by atoms with Crippen LogP contribution in [0, 0.1) is 0 Å². The van der Waals surface area contributed by atoms with E-state index in [4.69, 9.17) is 4.42 Å². The number of carbonyl (C=O) groups is 1. The van der Waals surface area contributed by atoms with Crippen LogP contribution in [-0.4, -0.2) is 10.9 Å². The highest BCUT2D eigenvalue weighted by molar-refractivity contribution is 6.15. The fourth-order valence-corrected chi connectivity index (χ4v) is 1.96. The Morgan fingerprint density at radius 2 is 2.24 bits per heavy atom. The van der Waals surface area contributed by atoms with E-state index in [1.807, 2.05) is 13.0 Å². The minimum Gasteiger partial charge on any atom is -0.504 e. The van der Waals surface area contributed by atoms with E-state index in [1.165, 1.54) is 12.3 Å². The molecular weight excluding hydrogens is 264 g/mol. The van der Waals surface area contributed by atoms with E-state index in [9.17, 15) is 9.90 Å². The molecule has 0 atom stereocenters. The summed E-state index contributed by atoms with van der Waals surface area (Å²) in [5.74, 6) is 0.0804. The van der Waals surface area contributed by atoms with Gasteiger partial charge >= 0.3 is 0 Å². The first-order valence-electron chi connectivity index (χ1n) is 6.55. The third kappa shape index (κ3) is 3.03. The molecule has 1 aromatic rings. The molecular formula is C18H16O3. The van der Waals surface area contributed by atoms with E-state index in [2.05, 4.69) is 6.58 Å². The van der Waals surface area contributed by atoms with Crippen LogP contribution in [0.1, 0.15) is 12.7 Å². The second-order valence-corrected chi connectivity index (χ2v) is 4.36. The molecule has 0 fully saturated rings. The zero-order valence-electron chi connectivity index (χ0n) is 11.7. The molecule has 3 heteroatoms.